The Labute approximate surface area is 169 Å². The van der Waals surface area contributed by atoms with Gasteiger partial charge in [-0.05, 0) is 17.7 Å². The molecule has 7 heteroatoms. The molecule has 29 heavy (non-hydrogen) atoms. The van der Waals surface area contributed by atoms with Gasteiger partial charge in [0.2, 0.25) is 5.91 Å². The molecule has 1 aliphatic heterocycles. The fourth-order valence-electron chi connectivity index (χ4n) is 2.92. The molecule has 7 nitrogen and oxygen atoms in total. The molecule has 0 saturated carbocycles. The molecule has 0 radical (unpaired) electrons. The van der Waals surface area contributed by atoms with Gasteiger partial charge in [-0.1, -0.05) is 48.5 Å². The van der Waals surface area contributed by atoms with Crippen molar-refractivity contribution in [3.05, 3.63) is 66.2 Å². The summed E-state index contributed by atoms with van der Waals surface area (Å²) in [5.41, 5.74) is 2.56. The van der Waals surface area contributed by atoms with E-state index in [2.05, 4.69) is 5.10 Å². The predicted octanol–water partition coefficient (Wildman–Crippen LogP) is 2.61. The van der Waals surface area contributed by atoms with Crippen molar-refractivity contribution < 1.29 is 19.1 Å². The normalized spacial score (nSPS) is 13.0. The summed E-state index contributed by atoms with van der Waals surface area (Å²) < 4.78 is 5.01. The van der Waals surface area contributed by atoms with Crippen LogP contribution in [-0.4, -0.2) is 48.7 Å². The van der Waals surface area contributed by atoms with Crippen molar-refractivity contribution in [2.24, 2.45) is 5.10 Å². The van der Waals surface area contributed by atoms with Gasteiger partial charge in [0.25, 0.3) is 5.91 Å². The van der Waals surface area contributed by atoms with E-state index >= 15 is 0 Å². The van der Waals surface area contributed by atoms with Crippen molar-refractivity contribution in [2.45, 2.75) is 19.3 Å². The lowest BCUT2D eigenvalue weighted by molar-refractivity contribution is -0.149. The summed E-state index contributed by atoms with van der Waals surface area (Å²) in [6.07, 6.45) is 0.585. The average Bonchev–Trinajstić information content (AvgIpc) is 3.27. The zero-order chi connectivity index (χ0) is 20.6. The monoisotopic (exact) mass is 393 g/mol. The van der Waals surface area contributed by atoms with E-state index in [0.29, 0.717) is 18.7 Å². The molecule has 0 saturated heterocycles. The Morgan fingerprint density at radius 1 is 1.00 bits per heavy atom. The second-order valence-corrected chi connectivity index (χ2v) is 6.63. The van der Waals surface area contributed by atoms with Crippen LogP contribution in [0.3, 0.4) is 0 Å². The van der Waals surface area contributed by atoms with Crippen LogP contribution >= 0.6 is 0 Å². The van der Waals surface area contributed by atoms with Crippen LogP contribution in [0.4, 0.5) is 5.69 Å². The zero-order valence-electron chi connectivity index (χ0n) is 16.3. The molecule has 3 rings (SSSR count). The number of carbonyl (C=O) groups excluding carboxylic acids is 3. The third-order valence-electron chi connectivity index (χ3n) is 4.61. The van der Waals surface area contributed by atoms with Crippen molar-refractivity contribution in [1.82, 2.24) is 5.01 Å². The first-order valence-electron chi connectivity index (χ1n) is 9.45. The standard InChI is InChI=1S/C22H23N3O4/c1-24(18-10-6-3-7-11-18)21(27)16-29-22(28)13-12-20(26)25-15-14-19(23-25)17-8-4-2-5-9-17/h2-11H,12-16H2,1H3. The quantitative estimate of drug-likeness (QED) is 0.678. The molecule has 0 N–H and O–H groups in total. The lowest BCUT2D eigenvalue weighted by Crippen LogP contribution is -2.31. The Morgan fingerprint density at radius 3 is 2.34 bits per heavy atom. The number of para-hydroxylation sites is 1. The molecule has 0 aliphatic carbocycles. The zero-order valence-corrected chi connectivity index (χ0v) is 16.3. The SMILES string of the molecule is CN(C(=O)COC(=O)CCC(=O)N1CCC(c2ccccc2)=N1)c1ccccc1. The number of hydrogen-bond acceptors (Lipinski definition) is 5. The maximum atomic E-state index is 12.3. The second kappa shape index (κ2) is 9.64. The number of anilines is 1. The van der Waals surface area contributed by atoms with Gasteiger partial charge in [0.05, 0.1) is 18.7 Å². The van der Waals surface area contributed by atoms with Crippen molar-refractivity contribution in [3.63, 3.8) is 0 Å². The number of hydrogen-bond donors (Lipinski definition) is 0. The minimum Gasteiger partial charge on any atom is -0.456 e. The first-order valence-corrected chi connectivity index (χ1v) is 9.45. The molecule has 0 atom stereocenters. The fraction of sp³-hybridized carbons (Fsp3) is 0.273. The van der Waals surface area contributed by atoms with Crippen LogP contribution in [0.25, 0.3) is 0 Å². The number of amides is 2. The molecule has 0 spiro atoms. The van der Waals surface area contributed by atoms with Crippen molar-refractivity contribution in [2.75, 3.05) is 25.1 Å². The minimum atomic E-state index is -0.584. The molecule has 0 fully saturated rings. The average molecular weight is 393 g/mol. The molecule has 2 aromatic carbocycles. The second-order valence-electron chi connectivity index (χ2n) is 6.63. The molecule has 0 bridgehead atoms. The molecule has 1 heterocycles. The Bertz CT molecular complexity index is 897. The molecule has 150 valence electrons. The van der Waals surface area contributed by atoms with E-state index in [9.17, 15) is 14.4 Å². The summed E-state index contributed by atoms with van der Waals surface area (Å²) in [5, 5.41) is 5.75. The predicted molar refractivity (Wildman–Crippen MR) is 109 cm³/mol. The highest BCUT2D eigenvalue weighted by molar-refractivity contribution is 6.02. The number of rotatable bonds is 7. The molecular formula is C22H23N3O4. The van der Waals surface area contributed by atoms with Crippen LogP contribution < -0.4 is 4.90 Å². The highest BCUT2D eigenvalue weighted by Gasteiger charge is 2.22. The number of hydrazone groups is 1. The van der Waals surface area contributed by atoms with Crippen LogP contribution in [0.1, 0.15) is 24.8 Å². The van der Waals surface area contributed by atoms with Crippen LogP contribution in [0.2, 0.25) is 0 Å². The van der Waals surface area contributed by atoms with E-state index in [1.807, 2.05) is 48.5 Å². The Hall–Kier alpha value is -3.48. The van der Waals surface area contributed by atoms with Crippen molar-refractivity contribution >= 4 is 29.2 Å². The Kier molecular flexibility index (Phi) is 6.73. The van der Waals surface area contributed by atoms with E-state index in [4.69, 9.17) is 4.74 Å². The topological polar surface area (TPSA) is 79.3 Å². The molecule has 1 aliphatic rings. The number of carbonyl (C=O) groups is 3. The summed E-state index contributed by atoms with van der Waals surface area (Å²) >= 11 is 0. The van der Waals surface area contributed by atoms with E-state index in [0.717, 1.165) is 11.3 Å². The van der Waals surface area contributed by atoms with Crippen LogP contribution in [0.5, 0.6) is 0 Å². The highest BCUT2D eigenvalue weighted by atomic mass is 16.5. The van der Waals surface area contributed by atoms with E-state index in [-0.39, 0.29) is 31.3 Å². The molecule has 0 unspecified atom stereocenters. The van der Waals surface area contributed by atoms with Gasteiger partial charge in [-0.15, -0.1) is 0 Å². The summed E-state index contributed by atoms with van der Waals surface area (Å²) in [6, 6.07) is 18.8. The van der Waals surface area contributed by atoms with Crippen LogP contribution in [-0.2, 0) is 19.1 Å². The third-order valence-corrected chi connectivity index (χ3v) is 4.61. The fourth-order valence-corrected chi connectivity index (χ4v) is 2.92. The lowest BCUT2D eigenvalue weighted by Gasteiger charge is -2.17. The van der Waals surface area contributed by atoms with Gasteiger partial charge in [-0.3, -0.25) is 14.4 Å². The summed E-state index contributed by atoms with van der Waals surface area (Å²) in [7, 11) is 1.62. The van der Waals surface area contributed by atoms with Gasteiger partial charge in [0, 0.05) is 25.6 Å². The minimum absolute atomic E-state index is 0.00683. The van der Waals surface area contributed by atoms with Gasteiger partial charge in [-0.25, -0.2) is 5.01 Å². The Morgan fingerprint density at radius 2 is 1.66 bits per heavy atom. The van der Waals surface area contributed by atoms with Gasteiger partial charge in [0.15, 0.2) is 6.61 Å². The maximum absolute atomic E-state index is 12.3. The van der Waals surface area contributed by atoms with E-state index in [1.165, 1.54) is 9.91 Å². The molecule has 2 aromatic rings. The summed E-state index contributed by atoms with van der Waals surface area (Å²) in [4.78, 5) is 37.7. The number of benzene rings is 2. The van der Waals surface area contributed by atoms with E-state index < -0.39 is 5.97 Å². The molecule has 2 amide bonds. The van der Waals surface area contributed by atoms with Crippen molar-refractivity contribution in [3.8, 4) is 0 Å². The number of ether oxygens (including phenoxy) is 1. The lowest BCUT2D eigenvalue weighted by atomic mass is 10.1. The maximum Gasteiger partial charge on any atom is 0.306 e. The highest BCUT2D eigenvalue weighted by Crippen LogP contribution is 2.15. The third kappa shape index (κ3) is 5.51. The largest absolute Gasteiger partial charge is 0.456 e. The first-order chi connectivity index (χ1) is 14.0. The number of esters is 1. The van der Waals surface area contributed by atoms with Gasteiger partial charge < -0.3 is 9.64 Å². The number of likely N-dealkylation sites (N-methyl/N-ethyl adjacent to an activating group) is 1. The summed E-state index contributed by atoms with van der Waals surface area (Å²) in [5.74, 6) is -1.16. The van der Waals surface area contributed by atoms with E-state index in [1.54, 1.807) is 19.2 Å². The summed E-state index contributed by atoms with van der Waals surface area (Å²) in [6.45, 7) is 0.136. The van der Waals surface area contributed by atoms with Gasteiger partial charge >= 0.3 is 5.97 Å². The number of nitrogens with zero attached hydrogens (tertiary/aromatic N) is 3. The molecular weight excluding hydrogens is 370 g/mol. The Balaban J connectivity index is 1.42. The van der Waals surface area contributed by atoms with Gasteiger partial charge in [0.1, 0.15) is 0 Å². The van der Waals surface area contributed by atoms with Crippen molar-refractivity contribution in [1.29, 1.82) is 0 Å². The first kappa shape index (κ1) is 20.3. The smallest absolute Gasteiger partial charge is 0.306 e. The molecule has 0 aromatic heterocycles. The van der Waals surface area contributed by atoms with Crippen LogP contribution in [0, 0.1) is 0 Å². The van der Waals surface area contributed by atoms with Gasteiger partial charge in [-0.2, -0.15) is 5.10 Å². The van der Waals surface area contributed by atoms with Crippen LogP contribution in [0.15, 0.2) is 65.8 Å².